The highest BCUT2D eigenvalue weighted by atomic mass is 35.5. The molecule has 0 aliphatic carbocycles. The summed E-state index contributed by atoms with van der Waals surface area (Å²) in [6.45, 7) is 2.36. The molecule has 0 bridgehead atoms. The van der Waals surface area contributed by atoms with Crippen LogP contribution in [0.25, 0.3) is 11.0 Å². The molecule has 1 atom stereocenters. The summed E-state index contributed by atoms with van der Waals surface area (Å²) in [6.07, 6.45) is 2.75. The zero-order valence-corrected chi connectivity index (χ0v) is 18.6. The van der Waals surface area contributed by atoms with Crippen molar-refractivity contribution in [2.24, 2.45) is 0 Å². The number of fused-ring (bicyclic) bond motifs is 1. The van der Waals surface area contributed by atoms with Crippen LogP contribution in [0.3, 0.4) is 0 Å². The SMILES string of the molecule is CC[C@H](C(=O)NCc1ccccn1)n1c(Cc2c(Cl)cccc2Cl)nc2ccccc21. The predicted octanol–water partition coefficient (Wildman–Crippen LogP) is 5.60. The molecule has 0 spiro atoms. The molecule has 4 rings (SSSR count). The number of halogens is 2. The first-order chi connectivity index (χ1) is 15.1. The molecule has 31 heavy (non-hydrogen) atoms. The lowest BCUT2D eigenvalue weighted by molar-refractivity contribution is -0.124. The normalized spacial score (nSPS) is 12.1. The van der Waals surface area contributed by atoms with Crippen LogP contribution in [0.2, 0.25) is 10.0 Å². The van der Waals surface area contributed by atoms with Crippen LogP contribution in [0.1, 0.15) is 36.5 Å². The average molecular weight is 453 g/mol. The van der Waals surface area contributed by atoms with Crippen molar-refractivity contribution in [3.8, 4) is 0 Å². The molecule has 2 aromatic carbocycles. The molecule has 0 radical (unpaired) electrons. The number of para-hydroxylation sites is 2. The zero-order valence-electron chi connectivity index (χ0n) is 17.1. The van der Waals surface area contributed by atoms with Crippen LogP contribution in [0.4, 0.5) is 0 Å². The van der Waals surface area contributed by atoms with E-state index in [9.17, 15) is 4.79 Å². The molecule has 1 amide bonds. The van der Waals surface area contributed by atoms with Crippen molar-refractivity contribution in [3.05, 3.63) is 94.0 Å². The molecule has 4 aromatic rings. The lowest BCUT2D eigenvalue weighted by Crippen LogP contribution is -2.33. The molecule has 0 saturated carbocycles. The Morgan fingerprint density at radius 3 is 2.48 bits per heavy atom. The van der Waals surface area contributed by atoms with Crippen molar-refractivity contribution in [3.63, 3.8) is 0 Å². The summed E-state index contributed by atoms with van der Waals surface area (Å²) in [7, 11) is 0. The van der Waals surface area contributed by atoms with Gasteiger partial charge in [-0.3, -0.25) is 9.78 Å². The van der Waals surface area contributed by atoms with Gasteiger partial charge in [0, 0.05) is 22.7 Å². The molecule has 0 saturated heterocycles. The van der Waals surface area contributed by atoms with Crippen molar-refractivity contribution >= 4 is 40.1 Å². The fourth-order valence-corrected chi connectivity index (χ4v) is 4.24. The molecule has 0 aliphatic rings. The number of hydrogen-bond acceptors (Lipinski definition) is 3. The standard InChI is InChI=1S/C24H22Cl2N4O/c1-2-21(24(31)28-15-16-8-5-6-13-27-16)30-22-12-4-3-11-20(22)29-23(30)14-17-18(25)9-7-10-19(17)26/h3-13,21H,2,14-15H2,1H3,(H,28,31)/t21-/m1/s1. The van der Waals surface area contributed by atoms with Crippen LogP contribution in [0, 0.1) is 0 Å². The van der Waals surface area contributed by atoms with Crippen molar-refractivity contribution in [1.82, 2.24) is 19.9 Å². The van der Waals surface area contributed by atoms with Crippen molar-refractivity contribution in [1.29, 1.82) is 0 Å². The van der Waals surface area contributed by atoms with E-state index >= 15 is 0 Å². The maximum Gasteiger partial charge on any atom is 0.243 e. The third kappa shape index (κ3) is 4.58. The number of nitrogens with one attached hydrogen (secondary N) is 1. The average Bonchev–Trinajstić information content (AvgIpc) is 3.14. The van der Waals surface area contributed by atoms with Crippen LogP contribution in [-0.2, 0) is 17.8 Å². The second-order valence-corrected chi connectivity index (χ2v) is 8.04. The number of pyridine rings is 1. The Morgan fingerprint density at radius 2 is 1.77 bits per heavy atom. The molecule has 2 aromatic heterocycles. The fourth-order valence-electron chi connectivity index (χ4n) is 3.71. The van der Waals surface area contributed by atoms with E-state index in [1.165, 1.54) is 0 Å². The number of nitrogens with zero attached hydrogens (tertiary/aromatic N) is 3. The zero-order chi connectivity index (χ0) is 21.8. The van der Waals surface area contributed by atoms with Gasteiger partial charge in [-0.15, -0.1) is 0 Å². The molecule has 0 fully saturated rings. The van der Waals surface area contributed by atoms with Crippen molar-refractivity contribution in [2.45, 2.75) is 32.4 Å². The minimum absolute atomic E-state index is 0.0807. The minimum Gasteiger partial charge on any atom is -0.349 e. The van der Waals surface area contributed by atoms with Gasteiger partial charge in [0.15, 0.2) is 0 Å². The second-order valence-electron chi connectivity index (χ2n) is 7.23. The number of carbonyl (C=O) groups is 1. The lowest BCUT2D eigenvalue weighted by atomic mass is 10.1. The molecule has 158 valence electrons. The first kappa shape index (κ1) is 21.3. The van der Waals surface area contributed by atoms with Crippen LogP contribution in [-0.4, -0.2) is 20.4 Å². The smallest absolute Gasteiger partial charge is 0.243 e. The number of aromatic nitrogens is 3. The predicted molar refractivity (Wildman–Crippen MR) is 124 cm³/mol. The van der Waals surface area contributed by atoms with E-state index in [0.717, 1.165) is 28.1 Å². The van der Waals surface area contributed by atoms with Crippen LogP contribution in [0.15, 0.2) is 66.9 Å². The van der Waals surface area contributed by atoms with Gasteiger partial charge in [-0.25, -0.2) is 4.98 Å². The number of hydrogen-bond donors (Lipinski definition) is 1. The van der Waals surface area contributed by atoms with Gasteiger partial charge in [0.2, 0.25) is 5.91 Å². The highest BCUT2D eigenvalue weighted by molar-refractivity contribution is 6.36. The Kier molecular flexibility index (Phi) is 6.54. The monoisotopic (exact) mass is 452 g/mol. The molecule has 0 aliphatic heterocycles. The van der Waals surface area contributed by atoms with Gasteiger partial charge >= 0.3 is 0 Å². The largest absolute Gasteiger partial charge is 0.349 e. The van der Waals surface area contributed by atoms with Crippen LogP contribution in [0.5, 0.6) is 0 Å². The number of imidazole rings is 1. The van der Waals surface area contributed by atoms with Gasteiger partial charge < -0.3 is 9.88 Å². The van der Waals surface area contributed by atoms with Gasteiger partial charge in [0.1, 0.15) is 11.9 Å². The number of carbonyl (C=O) groups excluding carboxylic acids is 1. The number of rotatable bonds is 7. The topological polar surface area (TPSA) is 59.8 Å². The summed E-state index contributed by atoms with van der Waals surface area (Å²) in [5.41, 5.74) is 3.34. The maximum absolute atomic E-state index is 13.2. The van der Waals surface area contributed by atoms with Gasteiger partial charge in [-0.2, -0.15) is 0 Å². The van der Waals surface area contributed by atoms with E-state index in [2.05, 4.69) is 10.3 Å². The molecule has 1 N–H and O–H groups in total. The van der Waals surface area contributed by atoms with E-state index in [1.807, 2.05) is 72.2 Å². The molecule has 5 nitrogen and oxygen atoms in total. The Hall–Kier alpha value is -2.89. The summed E-state index contributed by atoms with van der Waals surface area (Å²) in [6, 6.07) is 18.5. The van der Waals surface area contributed by atoms with E-state index in [1.54, 1.807) is 6.20 Å². The summed E-state index contributed by atoms with van der Waals surface area (Å²) < 4.78 is 2.00. The summed E-state index contributed by atoms with van der Waals surface area (Å²) in [5.74, 6) is 0.666. The van der Waals surface area contributed by atoms with E-state index < -0.39 is 6.04 Å². The Bertz CT molecular complexity index is 1190. The van der Waals surface area contributed by atoms with Crippen LogP contribution >= 0.6 is 23.2 Å². The Morgan fingerprint density at radius 1 is 1.03 bits per heavy atom. The fraction of sp³-hybridized carbons (Fsp3) is 0.208. The molecular weight excluding hydrogens is 431 g/mol. The maximum atomic E-state index is 13.2. The molecule has 0 unspecified atom stereocenters. The van der Waals surface area contributed by atoms with Crippen molar-refractivity contribution in [2.75, 3.05) is 0 Å². The summed E-state index contributed by atoms with van der Waals surface area (Å²) >= 11 is 12.8. The first-order valence-corrected chi connectivity index (χ1v) is 10.9. The van der Waals surface area contributed by atoms with E-state index in [-0.39, 0.29) is 5.91 Å². The molecule has 7 heteroatoms. The van der Waals surface area contributed by atoms with Gasteiger partial charge in [0.25, 0.3) is 0 Å². The molecule has 2 heterocycles. The number of amides is 1. The lowest BCUT2D eigenvalue weighted by Gasteiger charge is -2.20. The van der Waals surface area contributed by atoms with Crippen LogP contribution < -0.4 is 5.32 Å². The third-order valence-electron chi connectivity index (χ3n) is 5.24. The Labute approximate surface area is 191 Å². The summed E-state index contributed by atoms with van der Waals surface area (Å²) in [4.78, 5) is 22.3. The van der Waals surface area contributed by atoms with E-state index in [0.29, 0.717) is 29.4 Å². The molecular formula is C24H22Cl2N4O. The van der Waals surface area contributed by atoms with Crippen molar-refractivity contribution < 1.29 is 4.79 Å². The Balaban J connectivity index is 1.70. The number of benzene rings is 2. The summed E-state index contributed by atoms with van der Waals surface area (Å²) in [5, 5.41) is 4.18. The van der Waals surface area contributed by atoms with Gasteiger partial charge in [-0.05, 0) is 48.4 Å². The van der Waals surface area contributed by atoms with E-state index in [4.69, 9.17) is 28.2 Å². The minimum atomic E-state index is -0.424. The highest BCUT2D eigenvalue weighted by Gasteiger charge is 2.25. The quantitative estimate of drug-likeness (QED) is 0.397. The third-order valence-corrected chi connectivity index (χ3v) is 5.94. The van der Waals surface area contributed by atoms with Gasteiger partial charge in [-0.1, -0.05) is 54.4 Å². The highest BCUT2D eigenvalue weighted by Crippen LogP contribution is 2.30. The second kappa shape index (κ2) is 9.50. The first-order valence-electron chi connectivity index (χ1n) is 10.1. The van der Waals surface area contributed by atoms with Gasteiger partial charge in [0.05, 0.1) is 23.3 Å².